The van der Waals surface area contributed by atoms with E-state index >= 15 is 0 Å². The first-order valence-electron chi connectivity index (χ1n) is 17.5. The Labute approximate surface area is 230 Å². The molecule has 18 unspecified atom stereocenters. The van der Waals surface area contributed by atoms with Gasteiger partial charge in [-0.1, -0.05) is 38.5 Å². The lowest BCUT2D eigenvalue weighted by Gasteiger charge is -2.59. The third kappa shape index (κ3) is 3.61. The van der Waals surface area contributed by atoms with Crippen LogP contribution in [0.3, 0.4) is 0 Å². The summed E-state index contributed by atoms with van der Waals surface area (Å²) in [7, 11) is 0. The van der Waals surface area contributed by atoms with Crippen LogP contribution in [-0.2, 0) is 0 Å². The number of rotatable bonds is 0. The van der Waals surface area contributed by atoms with Gasteiger partial charge in [0.05, 0.1) is 12.2 Å². The predicted octanol–water partition coefficient (Wildman–Crippen LogP) is 5.12. The summed E-state index contributed by atoms with van der Waals surface area (Å²) in [6, 6.07) is 1.85. The van der Waals surface area contributed by atoms with Gasteiger partial charge in [-0.3, -0.25) is 0 Å². The molecule has 9 rings (SSSR count). The summed E-state index contributed by atoms with van der Waals surface area (Å²) in [5, 5.41) is 32.2. The standard InChI is InChI=1S/C34H54N2O2/c37-33-25-13-23-19(9-17-5-1-3-7-21(17)23)11-29(25)35-31-16-28-32(15-27(31)33)36-30-12-20-10-18-6-2-4-8-22(18)24(20)14-26(30)34(28)38/h17-38H,1-16H2. The fourth-order valence-corrected chi connectivity index (χ4v) is 14.0. The smallest absolute Gasteiger partial charge is 0.0626 e. The number of hydrogen-bond acceptors (Lipinski definition) is 4. The van der Waals surface area contributed by atoms with Crippen molar-refractivity contribution in [3.8, 4) is 0 Å². The minimum absolute atomic E-state index is 0.138. The van der Waals surface area contributed by atoms with Gasteiger partial charge in [-0.05, 0) is 112 Å². The molecular weight excluding hydrogens is 468 g/mol. The average molecular weight is 523 g/mol. The second kappa shape index (κ2) is 9.17. The minimum Gasteiger partial charge on any atom is -0.392 e. The summed E-state index contributed by atoms with van der Waals surface area (Å²) < 4.78 is 0. The van der Waals surface area contributed by atoms with Crippen LogP contribution in [0.4, 0.5) is 0 Å². The maximum absolute atomic E-state index is 11.9. The Kier molecular flexibility index (Phi) is 5.90. The molecule has 4 heteroatoms. The van der Waals surface area contributed by atoms with Crippen LogP contribution >= 0.6 is 0 Å². The van der Waals surface area contributed by atoms with Crippen LogP contribution in [0.5, 0.6) is 0 Å². The number of aliphatic hydroxyl groups excluding tert-OH is 2. The highest BCUT2D eigenvalue weighted by Crippen LogP contribution is 2.59. The van der Waals surface area contributed by atoms with Crippen molar-refractivity contribution in [2.75, 3.05) is 0 Å². The number of nitrogens with one attached hydrogen (secondary N) is 2. The van der Waals surface area contributed by atoms with Gasteiger partial charge in [0.1, 0.15) is 0 Å². The molecular formula is C34H54N2O2. The Bertz CT molecular complexity index is 839. The van der Waals surface area contributed by atoms with Gasteiger partial charge in [0.15, 0.2) is 0 Å². The van der Waals surface area contributed by atoms with E-state index in [9.17, 15) is 10.2 Å². The minimum atomic E-state index is -0.138. The van der Waals surface area contributed by atoms with Crippen molar-refractivity contribution in [1.82, 2.24) is 10.6 Å². The first-order chi connectivity index (χ1) is 18.6. The molecule has 0 radical (unpaired) electrons. The van der Waals surface area contributed by atoms with Crippen molar-refractivity contribution >= 4 is 0 Å². The number of piperidine rings is 2. The number of fused-ring (bicyclic) bond motifs is 10. The van der Waals surface area contributed by atoms with Gasteiger partial charge in [0.25, 0.3) is 0 Å². The quantitative estimate of drug-likeness (QED) is 0.357. The molecule has 0 aromatic carbocycles. The largest absolute Gasteiger partial charge is 0.392 e. The summed E-state index contributed by atoms with van der Waals surface area (Å²) in [6.07, 6.45) is 21.7. The molecule has 2 aliphatic heterocycles. The molecule has 0 aromatic heterocycles. The van der Waals surface area contributed by atoms with Gasteiger partial charge in [-0.15, -0.1) is 0 Å². The summed E-state index contributed by atoms with van der Waals surface area (Å²) in [4.78, 5) is 0. The van der Waals surface area contributed by atoms with Crippen molar-refractivity contribution in [3.63, 3.8) is 0 Å². The van der Waals surface area contributed by atoms with E-state index in [4.69, 9.17) is 0 Å². The van der Waals surface area contributed by atoms with Crippen LogP contribution in [0.25, 0.3) is 0 Å². The molecule has 4 nitrogen and oxygen atoms in total. The maximum Gasteiger partial charge on any atom is 0.0626 e. The molecule has 9 fully saturated rings. The van der Waals surface area contributed by atoms with Crippen LogP contribution in [-0.4, -0.2) is 46.6 Å². The number of aliphatic hydroxyl groups is 2. The highest BCUT2D eigenvalue weighted by molar-refractivity contribution is 5.13. The van der Waals surface area contributed by atoms with Crippen LogP contribution in [0.2, 0.25) is 0 Å². The molecule has 4 N–H and O–H groups in total. The molecule has 2 saturated heterocycles. The van der Waals surface area contributed by atoms with Crippen LogP contribution in [0.15, 0.2) is 0 Å². The van der Waals surface area contributed by atoms with Gasteiger partial charge < -0.3 is 20.8 Å². The van der Waals surface area contributed by atoms with Crippen molar-refractivity contribution < 1.29 is 10.2 Å². The van der Waals surface area contributed by atoms with E-state index in [1.165, 1.54) is 89.9 Å². The molecule has 7 saturated carbocycles. The van der Waals surface area contributed by atoms with Gasteiger partial charge in [0, 0.05) is 47.8 Å². The van der Waals surface area contributed by atoms with Crippen LogP contribution < -0.4 is 10.6 Å². The van der Waals surface area contributed by atoms with Gasteiger partial charge in [-0.25, -0.2) is 0 Å². The summed E-state index contributed by atoms with van der Waals surface area (Å²) in [6.45, 7) is 0. The lowest BCUT2D eigenvalue weighted by Crippen LogP contribution is -2.70. The third-order valence-corrected chi connectivity index (χ3v) is 15.4. The first kappa shape index (κ1) is 24.4. The van der Waals surface area contributed by atoms with Crippen molar-refractivity contribution in [3.05, 3.63) is 0 Å². The third-order valence-electron chi connectivity index (χ3n) is 15.4. The summed E-state index contributed by atoms with van der Waals surface area (Å²) in [5.41, 5.74) is 0. The number of hydrogen-bond donors (Lipinski definition) is 4. The predicted molar refractivity (Wildman–Crippen MR) is 149 cm³/mol. The molecule has 9 aliphatic rings. The van der Waals surface area contributed by atoms with Crippen LogP contribution in [0.1, 0.15) is 103 Å². The van der Waals surface area contributed by atoms with Crippen molar-refractivity contribution in [2.24, 2.45) is 71.0 Å². The Morgan fingerprint density at radius 3 is 1.21 bits per heavy atom. The fourth-order valence-electron chi connectivity index (χ4n) is 14.0. The molecule has 2 heterocycles. The van der Waals surface area contributed by atoms with E-state index in [-0.39, 0.29) is 12.2 Å². The zero-order valence-corrected chi connectivity index (χ0v) is 23.6. The Morgan fingerprint density at radius 1 is 0.342 bits per heavy atom. The van der Waals surface area contributed by atoms with E-state index in [0.717, 1.165) is 60.2 Å². The highest BCUT2D eigenvalue weighted by atomic mass is 16.3. The van der Waals surface area contributed by atoms with Gasteiger partial charge >= 0.3 is 0 Å². The Balaban J connectivity index is 0.919. The molecule has 0 aromatic rings. The molecule has 7 aliphatic carbocycles. The average Bonchev–Trinajstić information content (AvgIpc) is 3.48. The van der Waals surface area contributed by atoms with Gasteiger partial charge in [-0.2, -0.15) is 0 Å². The Hall–Kier alpha value is -0.160. The maximum atomic E-state index is 11.9. The second-order valence-corrected chi connectivity index (χ2v) is 16.5. The van der Waals surface area contributed by atoms with E-state index in [2.05, 4.69) is 10.6 Å². The van der Waals surface area contributed by atoms with E-state index in [1.807, 2.05) is 0 Å². The lowest BCUT2D eigenvalue weighted by atomic mass is 9.57. The molecule has 0 spiro atoms. The SMILES string of the molecule is OC1C2CC3NC4CC5CC6CCCCC6C5CC4C(O)C3CC2NC2CC3CC4CCCCC4C3CC21. The van der Waals surface area contributed by atoms with Gasteiger partial charge in [0.2, 0.25) is 0 Å². The molecule has 0 bridgehead atoms. The normalized spacial score (nSPS) is 62.7. The highest BCUT2D eigenvalue weighted by Gasteiger charge is 2.59. The van der Waals surface area contributed by atoms with E-state index < -0.39 is 0 Å². The zero-order valence-electron chi connectivity index (χ0n) is 23.6. The molecule has 18 atom stereocenters. The Morgan fingerprint density at radius 2 is 0.737 bits per heavy atom. The zero-order chi connectivity index (χ0) is 25.1. The van der Waals surface area contributed by atoms with E-state index in [1.54, 1.807) is 0 Å². The molecule has 212 valence electrons. The molecule has 0 amide bonds. The fraction of sp³-hybridized carbons (Fsp3) is 1.00. The monoisotopic (exact) mass is 522 g/mol. The first-order valence-corrected chi connectivity index (χ1v) is 17.5. The second-order valence-electron chi connectivity index (χ2n) is 16.5. The summed E-state index contributed by atoms with van der Waals surface area (Å²) >= 11 is 0. The van der Waals surface area contributed by atoms with Crippen LogP contribution in [0, 0.1) is 71.0 Å². The molecule has 38 heavy (non-hydrogen) atoms. The van der Waals surface area contributed by atoms with E-state index in [0.29, 0.717) is 47.8 Å². The topological polar surface area (TPSA) is 64.5 Å². The summed E-state index contributed by atoms with van der Waals surface area (Å²) in [5.74, 6) is 9.21. The lowest BCUT2D eigenvalue weighted by molar-refractivity contribution is -0.119. The van der Waals surface area contributed by atoms with Crippen molar-refractivity contribution in [1.29, 1.82) is 0 Å². The van der Waals surface area contributed by atoms with Crippen molar-refractivity contribution in [2.45, 2.75) is 139 Å².